The van der Waals surface area contributed by atoms with Crippen LogP contribution in [0.25, 0.3) is 5.65 Å². The van der Waals surface area contributed by atoms with Crippen molar-refractivity contribution in [3.05, 3.63) is 47.3 Å². The minimum atomic E-state index is -0.773. The Hall–Kier alpha value is -2.80. The van der Waals surface area contributed by atoms with Crippen molar-refractivity contribution in [3.63, 3.8) is 0 Å². The molecule has 7 nitrogen and oxygen atoms in total. The van der Waals surface area contributed by atoms with Gasteiger partial charge in [0.15, 0.2) is 5.65 Å². The Morgan fingerprint density at radius 1 is 1.12 bits per heavy atom. The van der Waals surface area contributed by atoms with Crippen LogP contribution in [0.15, 0.2) is 30.3 Å². The average Bonchev–Trinajstić information content (AvgIpc) is 2.98. The molecule has 3 aromatic rings. The van der Waals surface area contributed by atoms with E-state index in [9.17, 15) is 5.11 Å². The summed E-state index contributed by atoms with van der Waals surface area (Å²) >= 11 is 0. The van der Waals surface area contributed by atoms with Gasteiger partial charge in [-0.3, -0.25) is 0 Å². The van der Waals surface area contributed by atoms with E-state index >= 15 is 0 Å². The highest BCUT2D eigenvalue weighted by atomic mass is 16.5. The van der Waals surface area contributed by atoms with Crippen LogP contribution in [0.4, 0.5) is 5.82 Å². The summed E-state index contributed by atoms with van der Waals surface area (Å²) in [6.45, 7) is 4.14. The summed E-state index contributed by atoms with van der Waals surface area (Å²) in [4.78, 5) is 4.45. The number of aliphatic hydroxyl groups is 1. The van der Waals surface area contributed by atoms with Gasteiger partial charge in [-0.05, 0) is 32.0 Å². The fraction of sp³-hybridized carbons (Fsp3) is 0.333. The van der Waals surface area contributed by atoms with Gasteiger partial charge in [-0.15, -0.1) is 0 Å². The fourth-order valence-corrected chi connectivity index (χ4v) is 2.75. The zero-order valence-electron chi connectivity index (χ0n) is 14.8. The smallest absolute Gasteiger partial charge is 0.157 e. The van der Waals surface area contributed by atoms with Crippen LogP contribution in [-0.2, 0) is 0 Å². The lowest BCUT2D eigenvalue weighted by atomic mass is 10.1. The molecule has 0 aliphatic rings. The number of hydrogen-bond donors (Lipinski definition) is 2. The summed E-state index contributed by atoms with van der Waals surface area (Å²) < 4.78 is 12.3. The number of aliphatic hydroxyl groups excluding tert-OH is 1. The minimum Gasteiger partial charge on any atom is -0.497 e. The minimum absolute atomic E-state index is 0.293. The van der Waals surface area contributed by atoms with Crippen LogP contribution < -0.4 is 14.8 Å². The first-order chi connectivity index (χ1) is 12.0. The van der Waals surface area contributed by atoms with Gasteiger partial charge in [-0.2, -0.15) is 9.61 Å². The number of aryl methyl sites for hydroxylation is 2. The molecule has 1 aromatic carbocycles. The van der Waals surface area contributed by atoms with Gasteiger partial charge in [0.2, 0.25) is 0 Å². The summed E-state index contributed by atoms with van der Waals surface area (Å²) in [5.41, 5.74) is 3.20. The molecule has 2 aromatic heterocycles. The highest BCUT2D eigenvalue weighted by Crippen LogP contribution is 2.29. The number of benzene rings is 1. The summed E-state index contributed by atoms with van der Waals surface area (Å²) in [5, 5.41) is 18.3. The standard InChI is InChI=1S/C18H22N4O3/c1-11-7-17(22-18(20-11)8-12(2)21-22)19-10-15(23)14-9-13(24-3)5-6-16(14)25-4/h5-9,15,19,23H,10H2,1-4H3. The van der Waals surface area contributed by atoms with Crippen LogP contribution in [0.1, 0.15) is 23.1 Å². The molecule has 0 radical (unpaired) electrons. The summed E-state index contributed by atoms with van der Waals surface area (Å²) in [6, 6.07) is 9.17. The van der Waals surface area contributed by atoms with E-state index in [-0.39, 0.29) is 0 Å². The van der Waals surface area contributed by atoms with E-state index < -0.39 is 6.10 Å². The first-order valence-corrected chi connectivity index (χ1v) is 7.99. The van der Waals surface area contributed by atoms with E-state index in [4.69, 9.17) is 9.47 Å². The molecular formula is C18H22N4O3. The highest BCUT2D eigenvalue weighted by Gasteiger charge is 2.15. The molecule has 1 unspecified atom stereocenters. The Kier molecular flexibility index (Phi) is 4.76. The van der Waals surface area contributed by atoms with Crippen molar-refractivity contribution in [1.82, 2.24) is 14.6 Å². The Labute approximate surface area is 146 Å². The summed E-state index contributed by atoms with van der Waals surface area (Å²) in [7, 11) is 3.17. The molecule has 0 saturated carbocycles. The second kappa shape index (κ2) is 6.98. The molecule has 0 bridgehead atoms. The van der Waals surface area contributed by atoms with Gasteiger partial charge in [-0.25, -0.2) is 4.98 Å². The average molecular weight is 342 g/mol. The number of ether oxygens (including phenoxy) is 2. The maximum Gasteiger partial charge on any atom is 0.157 e. The maximum absolute atomic E-state index is 10.6. The van der Waals surface area contributed by atoms with Crippen molar-refractivity contribution >= 4 is 11.5 Å². The topological polar surface area (TPSA) is 80.9 Å². The molecule has 0 aliphatic heterocycles. The summed E-state index contributed by atoms with van der Waals surface area (Å²) in [6.07, 6.45) is -0.773. The number of fused-ring (bicyclic) bond motifs is 1. The fourth-order valence-electron chi connectivity index (χ4n) is 2.75. The van der Waals surface area contributed by atoms with Crippen molar-refractivity contribution in [3.8, 4) is 11.5 Å². The van der Waals surface area contributed by atoms with E-state index in [1.165, 1.54) is 0 Å². The van der Waals surface area contributed by atoms with E-state index in [2.05, 4.69) is 15.4 Å². The number of rotatable bonds is 6. The van der Waals surface area contributed by atoms with Gasteiger partial charge in [0, 0.05) is 29.9 Å². The second-order valence-corrected chi connectivity index (χ2v) is 5.84. The molecule has 0 fully saturated rings. The van der Waals surface area contributed by atoms with Crippen molar-refractivity contribution in [2.45, 2.75) is 20.0 Å². The van der Waals surface area contributed by atoms with E-state index in [1.54, 1.807) is 36.9 Å². The lowest BCUT2D eigenvalue weighted by molar-refractivity contribution is 0.186. The predicted molar refractivity (Wildman–Crippen MR) is 95.5 cm³/mol. The van der Waals surface area contributed by atoms with Gasteiger partial charge >= 0.3 is 0 Å². The SMILES string of the molecule is COc1ccc(OC)c(C(O)CNc2cc(C)nc3cc(C)nn23)c1. The molecule has 3 rings (SSSR count). The molecule has 2 heterocycles. The highest BCUT2D eigenvalue weighted by molar-refractivity contribution is 5.51. The molecule has 25 heavy (non-hydrogen) atoms. The van der Waals surface area contributed by atoms with Crippen LogP contribution in [0.5, 0.6) is 11.5 Å². The zero-order chi connectivity index (χ0) is 18.0. The van der Waals surface area contributed by atoms with Crippen LogP contribution in [0.2, 0.25) is 0 Å². The van der Waals surface area contributed by atoms with Crippen molar-refractivity contribution in [2.75, 3.05) is 26.1 Å². The van der Waals surface area contributed by atoms with Gasteiger partial charge in [0.1, 0.15) is 17.3 Å². The van der Waals surface area contributed by atoms with Crippen LogP contribution >= 0.6 is 0 Å². The van der Waals surface area contributed by atoms with Crippen molar-refractivity contribution < 1.29 is 14.6 Å². The monoisotopic (exact) mass is 342 g/mol. The molecule has 132 valence electrons. The molecule has 0 amide bonds. The third-order valence-corrected chi connectivity index (χ3v) is 3.95. The Morgan fingerprint density at radius 2 is 1.92 bits per heavy atom. The number of hydrogen-bond acceptors (Lipinski definition) is 6. The molecule has 2 N–H and O–H groups in total. The third kappa shape index (κ3) is 3.51. The Balaban J connectivity index is 1.84. The summed E-state index contributed by atoms with van der Waals surface area (Å²) in [5.74, 6) is 2.05. The van der Waals surface area contributed by atoms with E-state index in [0.29, 0.717) is 23.6 Å². The van der Waals surface area contributed by atoms with E-state index in [1.807, 2.05) is 26.0 Å². The predicted octanol–water partition coefficient (Wildman–Crippen LogP) is 2.51. The number of methoxy groups -OCH3 is 2. The quantitative estimate of drug-likeness (QED) is 0.716. The molecule has 0 saturated heterocycles. The van der Waals surface area contributed by atoms with Crippen LogP contribution in [0, 0.1) is 13.8 Å². The molecule has 0 spiro atoms. The Bertz CT molecular complexity index is 891. The second-order valence-electron chi connectivity index (χ2n) is 5.84. The van der Waals surface area contributed by atoms with Crippen LogP contribution in [-0.4, -0.2) is 40.5 Å². The lowest BCUT2D eigenvalue weighted by Gasteiger charge is -2.17. The van der Waals surface area contributed by atoms with Crippen molar-refractivity contribution in [2.24, 2.45) is 0 Å². The van der Waals surface area contributed by atoms with Gasteiger partial charge in [0.25, 0.3) is 0 Å². The van der Waals surface area contributed by atoms with Crippen LogP contribution in [0.3, 0.4) is 0 Å². The molecule has 1 atom stereocenters. The number of nitrogens with zero attached hydrogens (tertiary/aromatic N) is 3. The zero-order valence-corrected chi connectivity index (χ0v) is 14.8. The first kappa shape index (κ1) is 17.0. The largest absolute Gasteiger partial charge is 0.497 e. The third-order valence-electron chi connectivity index (χ3n) is 3.95. The number of aromatic nitrogens is 3. The molecular weight excluding hydrogens is 320 g/mol. The van der Waals surface area contributed by atoms with Crippen molar-refractivity contribution in [1.29, 1.82) is 0 Å². The van der Waals surface area contributed by atoms with Gasteiger partial charge in [-0.1, -0.05) is 0 Å². The normalized spacial score (nSPS) is 12.2. The molecule has 7 heteroatoms. The Morgan fingerprint density at radius 3 is 2.64 bits per heavy atom. The number of nitrogens with one attached hydrogen (secondary N) is 1. The first-order valence-electron chi connectivity index (χ1n) is 7.99. The maximum atomic E-state index is 10.6. The molecule has 0 aliphatic carbocycles. The van der Waals surface area contributed by atoms with Gasteiger partial charge < -0.3 is 19.9 Å². The van der Waals surface area contributed by atoms with Gasteiger partial charge in [0.05, 0.1) is 26.0 Å². The van der Waals surface area contributed by atoms with E-state index in [0.717, 1.165) is 22.9 Å². The lowest BCUT2D eigenvalue weighted by Crippen LogP contribution is -2.15. The number of anilines is 1.